The first-order chi connectivity index (χ1) is 8.13. The van der Waals surface area contributed by atoms with E-state index in [1.54, 1.807) is 11.3 Å². The summed E-state index contributed by atoms with van der Waals surface area (Å²) in [6, 6.07) is 5.94. The monoisotopic (exact) mass is 244 g/mol. The quantitative estimate of drug-likeness (QED) is 0.691. The maximum absolute atomic E-state index is 5.80. The molecule has 0 radical (unpaired) electrons. The number of aryl methyl sites for hydroxylation is 2. The van der Waals surface area contributed by atoms with E-state index in [4.69, 9.17) is 5.73 Å². The summed E-state index contributed by atoms with van der Waals surface area (Å²) in [4.78, 5) is 13.3. The Kier molecular flexibility index (Phi) is 2.16. The number of nitrogens with zero attached hydrogens (tertiary/aromatic N) is 2. The second-order valence-electron chi connectivity index (χ2n) is 4.07. The van der Waals surface area contributed by atoms with Crippen molar-refractivity contribution in [3.63, 3.8) is 0 Å². The molecule has 0 aliphatic heterocycles. The highest BCUT2D eigenvalue weighted by Gasteiger charge is 2.11. The molecule has 4 nitrogen and oxygen atoms in total. The number of nitrogen functional groups attached to an aromatic ring is 1. The Labute approximate surface area is 103 Å². The Hall–Kier alpha value is -1.88. The van der Waals surface area contributed by atoms with E-state index in [1.165, 1.54) is 0 Å². The van der Waals surface area contributed by atoms with Crippen LogP contribution < -0.4 is 5.73 Å². The molecule has 3 aromatic rings. The fourth-order valence-corrected chi connectivity index (χ4v) is 2.72. The van der Waals surface area contributed by atoms with E-state index in [9.17, 15) is 0 Å². The van der Waals surface area contributed by atoms with Gasteiger partial charge in [-0.2, -0.15) is 0 Å². The van der Waals surface area contributed by atoms with Gasteiger partial charge in [-0.25, -0.2) is 9.97 Å². The van der Waals surface area contributed by atoms with Crippen LogP contribution in [0.25, 0.3) is 21.9 Å². The van der Waals surface area contributed by atoms with E-state index >= 15 is 0 Å². The summed E-state index contributed by atoms with van der Waals surface area (Å²) in [5.74, 6) is 0.845. The van der Waals surface area contributed by atoms with Crippen LogP contribution in [0.2, 0.25) is 0 Å². The van der Waals surface area contributed by atoms with Gasteiger partial charge in [-0.15, -0.1) is 11.3 Å². The van der Waals surface area contributed by atoms with Crippen molar-refractivity contribution in [2.24, 2.45) is 0 Å². The number of imidazole rings is 1. The summed E-state index contributed by atoms with van der Waals surface area (Å²) in [7, 11) is 0. The fourth-order valence-electron chi connectivity index (χ4n) is 1.84. The van der Waals surface area contributed by atoms with E-state index in [0.29, 0.717) is 0 Å². The smallest absolute Gasteiger partial charge is 0.178 e. The first kappa shape index (κ1) is 10.3. The summed E-state index contributed by atoms with van der Waals surface area (Å²) >= 11 is 1.54. The number of fused-ring (bicyclic) bond motifs is 1. The molecule has 5 heteroatoms. The molecule has 3 heterocycles. The lowest BCUT2D eigenvalue weighted by Crippen LogP contribution is -1.80. The fraction of sp³-hybridized carbons (Fsp3) is 0.167. The zero-order valence-corrected chi connectivity index (χ0v) is 10.4. The minimum Gasteiger partial charge on any atom is -0.391 e. The van der Waals surface area contributed by atoms with Crippen LogP contribution in [0.1, 0.15) is 11.3 Å². The van der Waals surface area contributed by atoms with E-state index in [-0.39, 0.29) is 0 Å². The molecule has 0 spiro atoms. The number of aromatic amines is 1. The van der Waals surface area contributed by atoms with Crippen molar-refractivity contribution in [2.45, 2.75) is 13.8 Å². The highest BCUT2D eigenvalue weighted by molar-refractivity contribution is 7.19. The predicted octanol–water partition coefficient (Wildman–Crippen LogP) is 2.89. The number of aromatic nitrogens is 3. The van der Waals surface area contributed by atoms with Crippen molar-refractivity contribution in [3.05, 3.63) is 29.5 Å². The molecule has 0 aliphatic carbocycles. The molecule has 0 fully saturated rings. The minimum absolute atomic E-state index is 0.756. The van der Waals surface area contributed by atoms with Crippen LogP contribution in [-0.4, -0.2) is 15.0 Å². The molecule has 0 saturated carbocycles. The molecule has 0 amide bonds. The van der Waals surface area contributed by atoms with Crippen LogP contribution in [0.3, 0.4) is 0 Å². The molecule has 0 bridgehead atoms. The van der Waals surface area contributed by atoms with Crippen molar-refractivity contribution in [1.82, 2.24) is 15.0 Å². The third-order valence-electron chi connectivity index (χ3n) is 2.64. The average molecular weight is 244 g/mol. The van der Waals surface area contributed by atoms with Crippen LogP contribution in [0.5, 0.6) is 0 Å². The molecule has 3 aromatic heterocycles. The van der Waals surface area contributed by atoms with Gasteiger partial charge in [-0.3, -0.25) is 0 Å². The molecule has 86 valence electrons. The number of anilines is 1. The summed E-state index contributed by atoms with van der Waals surface area (Å²) in [5, 5.41) is 0.807. The van der Waals surface area contributed by atoms with Crippen LogP contribution in [0.4, 0.5) is 5.00 Å². The minimum atomic E-state index is 0.756. The number of nitrogens with two attached hydrogens (primary N) is 1. The Bertz CT molecular complexity index is 696. The molecule has 17 heavy (non-hydrogen) atoms. The topological polar surface area (TPSA) is 67.6 Å². The number of H-pyrrole nitrogens is 1. The lowest BCUT2D eigenvalue weighted by molar-refractivity contribution is 1.22. The summed E-state index contributed by atoms with van der Waals surface area (Å²) < 4.78 is 0. The second-order valence-corrected chi connectivity index (χ2v) is 5.15. The van der Waals surface area contributed by atoms with Gasteiger partial charge in [-0.1, -0.05) is 0 Å². The van der Waals surface area contributed by atoms with Gasteiger partial charge in [-0.05, 0) is 37.6 Å². The number of rotatable bonds is 1. The highest BCUT2D eigenvalue weighted by atomic mass is 32.1. The maximum Gasteiger partial charge on any atom is 0.178 e. The van der Waals surface area contributed by atoms with Crippen molar-refractivity contribution in [3.8, 4) is 10.7 Å². The molecule has 3 rings (SSSR count). The van der Waals surface area contributed by atoms with Crippen molar-refractivity contribution in [2.75, 3.05) is 5.73 Å². The summed E-state index contributed by atoms with van der Waals surface area (Å²) in [6.45, 7) is 4.00. The van der Waals surface area contributed by atoms with Gasteiger partial charge in [0, 0.05) is 5.69 Å². The first-order valence-electron chi connectivity index (χ1n) is 5.33. The predicted molar refractivity (Wildman–Crippen MR) is 71.1 cm³/mol. The van der Waals surface area contributed by atoms with Crippen LogP contribution in [-0.2, 0) is 0 Å². The Morgan fingerprint density at radius 3 is 2.76 bits per heavy atom. The number of thiophene rings is 1. The largest absolute Gasteiger partial charge is 0.391 e. The molecular weight excluding hydrogens is 232 g/mol. The van der Waals surface area contributed by atoms with Crippen LogP contribution in [0, 0.1) is 13.8 Å². The molecule has 0 aliphatic rings. The van der Waals surface area contributed by atoms with E-state index in [2.05, 4.69) is 15.0 Å². The van der Waals surface area contributed by atoms with Gasteiger partial charge in [0.05, 0.1) is 15.4 Å². The number of nitrogens with one attached hydrogen (secondary N) is 1. The maximum atomic E-state index is 5.80. The summed E-state index contributed by atoms with van der Waals surface area (Å²) in [5.41, 5.74) is 9.62. The van der Waals surface area contributed by atoms with Crippen LogP contribution >= 0.6 is 11.3 Å². The zero-order chi connectivity index (χ0) is 12.0. The van der Waals surface area contributed by atoms with Gasteiger partial charge in [0.25, 0.3) is 0 Å². The van der Waals surface area contributed by atoms with Crippen LogP contribution in [0.15, 0.2) is 18.2 Å². The van der Waals surface area contributed by atoms with Crippen molar-refractivity contribution < 1.29 is 0 Å². The lowest BCUT2D eigenvalue weighted by Gasteiger charge is -1.91. The van der Waals surface area contributed by atoms with Crippen molar-refractivity contribution in [1.29, 1.82) is 0 Å². The van der Waals surface area contributed by atoms with Gasteiger partial charge >= 0.3 is 0 Å². The molecule has 0 atom stereocenters. The second kappa shape index (κ2) is 3.56. The zero-order valence-electron chi connectivity index (χ0n) is 9.61. The molecule has 3 N–H and O–H groups in total. The summed E-state index contributed by atoms with van der Waals surface area (Å²) in [6.07, 6.45) is 0. The molecule has 0 unspecified atom stereocenters. The van der Waals surface area contributed by atoms with Gasteiger partial charge < -0.3 is 10.7 Å². The Morgan fingerprint density at radius 2 is 2.06 bits per heavy atom. The highest BCUT2D eigenvalue weighted by Crippen LogP contribution is 2.32. The van der Waals surface area contributed by atoms with Crippen molar-refractivity contribution >= 4 is 27.5 Å². The SMILES string of the molecule is Cc1ccc2[nH]c(-c3sc(N)cc3C)nc2n1. The number of pyridine rings is 1. The van der Waals surface area contributed by atoms with E-state index < -0.39 is 0 Å². The first-order valence-corrected chi connectivity index (χ1v) is 6.15. The third kappa shape index (κ3) is 1.68. The number of hydrogen-bond acceptors (Lipinski definition) is 4. The molecule has 0 aromatic carbocycles. The van der Waals surface area contributed by atoms with Gasteiger partial charge in [0.15, 0.2) is 11.5 Å². The standard InChI is InChI=1S/C12H12N4S/c1-6-5-9(13)17-10(6)12-15-8-4-3-7(2)14-11(8)16-12/h3-5H,13H2,1-2H3,(H,14,15,16). The molecular formula is C12H12N4S. The average Bonchev–Trinajstić information content (AvgIpc) is 2.80. The normalized spacial score (nSPS) is 11.2. The Balaban J connectivity index is 2.21. The number of hydrogen-bond donors (Lipinski definition) is 2. The Morgan fingerprint density at radius 1 is 1.24 bits per heavy atom. The van der Waals surface area contributed by atoms with E-state index in [1.807, 2.05) is 32.0 Å². The van der Waals surface area contributed by atoms with E-state index in [0.717, 1.165) is 38.1 Å². The van der Waals surface area contributed by atoms with Gasteiger partial charge in [0.1, 0.15) is 0 Å². The molecule has 0 saturated heterocycles. The van der Waals surface area contributed by atoms with Gasteiger partial charge in [0.2, 0.25) is 0 Å². The lowest BCUT2D eigenvalue weighted by atomic mass is 10.3. The third-order valence-corrected chi connectivity index (χ3v) is 3.71.